The number of aromatic nitrogens is 2. The van der Waals surface area contributed by atoms with E-state index in [1.165, 1.54) is 24.2 Å². The van der Waals surface area contributed by atoms with Crippen LogP contribution in [-0.4, -0.2) is 20.3 Å². The van der Waals surface area contributed by atoms with Crippen LogP contribution in [0.2, 0.25) is 0 Å². The van der Waals surface area contributed by atoms with E-state index < -0.39 is 5.60 Å². The summed E-state index contributed by atoms with van der Waals surface area (Å²) in [5.74, 6) is 0. The van der Waals surface area contributed by atoms with E-state index in [0.717, 1.165) is 25.7 Å². The van der Waals surface area contributed by atoms with Gasteiger partial charge >= 0.3 is 0 Å². The van der Waals surface area contributed by atoms with Gasteiger partial charge in [0.15, 0.2) is 0 Å². The van der Waals surface area contributed by atoms with Gasteiger partial charge in [-0.15, -0.1) is 0 Å². The number of imidazole rings is 1. The summed E-state index contributed by atoms with van der Waals surface area (Å²) in [5, 5.41) is 10.4. The van der Waals surface area contributed by atoms with Gasteiger partial charge in [0.05, 0.1) is 24.2 Å². The van der Waals surface area contributed by atoms with Crippen molar-refractivity contribution >= 4 is 0 Å². The van der Waals surface area contributed by atoms with Gasteiger partial charge in [-0.3, -0.25) is 0 Å². The molecule has 1 aromatic rings. The fraction of sp³-hybridized carbons (Fsp3) is 0.769. The van der Waals surface area contributed by atoms with Crippen LogP contribution in [0.3, 0.4) is 0 Å². The van der Waals surface area contributed by atoms with E-state index in [0.29, 0.717) is 6.54 Å². The van der Waals surface area contributed by atoms with Crippen LogP contribution >= 0.6 is 0 Å². The molecule has 0 saturated heterocycles. The summed E-state index contributed by atoms with van der Waals surface area (Å²) in [7, 11) is 0. The minimum atomic E-state index is -0.564. The highest BCUT2D eigenvalue weighted by molar-refractivity contribution is 5.16. The molecule has 3 heteroatoms. The minimum absolute atomic E-state index is 0.564. The van der Waals surface area contributed by atoms with Gasteiger partial charge in [0, 0.05) is 5.69 Å². The van der Waals surface area contributed by atoms with Crippen molar-refractivity contribution in [2.45, 2.75) is 64.5 Å². The summed E-state index contributed by atoms with van der Waals surface area (Å²) >= 11 is 0. The Morgan fingerprint density at radius 2 is 2.00 bits per heavy atom. The van der Waals surface area contributed by atoms with Crippen LogP contribution in [0.5, 0.6) is 0 Å². The van der Waals surface area contributed by atoms with Crippen LogP contribution in [0.1, 0.15) is 50.9 Å². The molecule has 1 aliphatic rings. The van der Waals surface area contributed by atoms with Crippen LogP contribution in [0, 0.1) is 0 Å². The Balaban J connectivity index is 2.18. The molecule has 90 valence electrons. The lowest BCUT2D eigenvalue weighted by atomic mass is 9.96. The van der Waals surface area contributed by atoms with Gasteiger partial charge in [0.2, 0.25) is 0 Å². The zero-order valence-electron chi connectivity index (χ0n) is 10.4. The highest BCUT2D eigenvalue weighted by Crippen LogP contribution is 2.24. The number of aliphatic hydroxyl groups is 1. The third-order valence-corrected chi connectivity index (χ3v) is 3.89. The predicted octanol–water partition coefficient (Wildman–Crippen LogP) is 2.31. The van der Waals surface area contributed by atoms with Crippen molar-refractivity contribution in [1.82, 2.24) is 9.55 Å². The lowest BCUT2D eigenvalue weighted by Crippen LogP contribution is -2.33. The molecule has 0 radical (unpaired) electrons. The van der Waals surface area contributed by atoms with Gasteiger partial charge in [-0.1, -0.05) is 13.8 Å². The average Bonchev–Trinajstić information content (AvgIpc) is 2.73. The Labute approximate surface area is 97.5 Å². The quantitative estimate of drug-likeness (QED) is 0.849. The van der Waals surface area contributed by atoms with Gasteiger partial charge in [0.25, 0.3) is 0 Å². The molecule has 0 amide bonds. The van der Waals surface area contributed by atoms with E-state index in [1.54, 1.807) is 0 Å². The first kappa shape index (κ1) is 11.6. The molecule has 0 fully saturated rings. The van der Waals surface area contributed by atoms with Gasteiger partial charge in [-0.25, -0.2) is 4.98 Å². The van der Waals surface area contributed by atoms with E-state index in [9.17, 15) is 5.11 Å². The topological polar surface area (TPSA) is 38.0 Å². The zero-order chi connectivity index (χ0) is 11.6. The Hall–Kier alpha value is -0.830. The third kappa shape index (κ3) is 2.14. The summed E-state index contributed by atoms with van der Waals surface area (Å²) in [6.45, 7) is 4.79. The van der Waals surface area contributed by atoms with Crippen LogP contribution in [-0.2, 0) is 19.4 Å². The molecule has 1 N–H and O–H groups in total. The molecule has 16 heavy (non-hydrogen) atoms. The molecule has 0 aromatic carbocycles. The molecule has 1 aromatic heterocycles. The number of hydrogen-bond donors (Lipinski definition) is 1. The number of nitrogens with zero attached hydrogens (tertiary/aromatic N) is 2. The maximum Gasteiger partial charge on any atom is 0.0952 e. The highest BCUT2D eigenvalue weighted by Gasteiger charge is 2.25. The Morgan fingerprint density at radius 3 is 2.69 bits per heavy atom. The first-order valence-corrected chi connectivity index (χ1v) is 6.44. The van der Waals surface area contributed by atoms with Crippen LogP contribution in [0.25, 0.3) is 0 Å². The molecule has 0 unspecified atom stereocenters. The van der Waals surface area contributed by atoms with Crippen molar-refractivity contribution in [3.63, 3.8) is 0 Å². The fourth-order valence-electron chi connectivity index (χ4n) is 2.46. The van der Waals surface area contributed by atoms with E-state index in [-0.39, 0.29) is 0 Å². The Morgan fingerprint density at radius 1 is 1.31 bits per heavy atom. The maximum atomic E-state index is 10.4. The lowest BCUT2D eigenvalue weighted by Gasteiger charge is -2.27. The van der Waals surface area contributed by atoms with Gasteiger partial charge in [-0.2, -0.15) is 0 Å². The normalized spacial score (nSPS) is 16.2. The monoisotopic (exact) mass is 222 g/mol. The smallest absolute Gasteiger partial charge is 0.0952 e. The summed E-state index contributed by atoms with van der Waals surface area (Å²) < 4.78 is 2.17. The van der Waals surface area contributed by atoms with Crippen molar-refractivity contribution in [3.8, 4) is 0 Å². The second kappa shape index (κ2) is 4.58. The first-order chi connectivity index (χ1) is 7.68. The van der Waals surface area contributed by atoms with Crippen molar-refractivity contribution in [2.75, 3.05) is 0 Å². The number of aryl methyl sites for hydroxylation is 1. The summed E-state index contributed by atoms with van der Waals surface area (Å²) in [5.41, 5.74) is 2.04. The lowest BCUT2D eigenvalue weighted by molar-refractivity contribution is 0.0143. The van der Waals surface area contributed by atoms with Crippen LogP contribution in [0.15, 0.2) is 6.33 Å². The second-order valence-electron chi connectivity index (χ2n) is 4.90. The summed E-state index contributed by atoms with van der Waals surface area (Å²) in [6, 6.07) is 0. The van der Waals surface area contributed by atoms with E-state index in [2.05, 4.69) is 9.55 Å². The zero-order valence-corrected chi connectivity index (χ0v) is 10.4. The molecule has 1 aliphatic carbocycles. The second-order valence-corrected chi connectivity index (χ2v) is 4.90. The van der Waals surface area contributed by atoms with Gasteiger partial charge in [-0.05, 0) is 38.5 Å². The van der Waals surface area contributed by atoms with Crippen LogP contribution in [0.4, 0.5) is 0 Å². The molecule has 3 nitrogen and oxygen atoms in total. The maximum absolute atomic E-state index is 10.4. The SMILES string of the molecule is CCC(O)(CC)Cn1cnc2c1CCCC2. The number of fused-ring (bicyclic) bond motifs is 1. The molecule has 1 heterocycles. The molecule has 0 bridgehead atoms. The van der Waals surface area contributed by atoms with Gasteiger partial charge < -0.3 is 9.67 Å². The first-order valence-electron chi connectivity index (χ1n) is 6.44. The molecular formula is C13H22N2O. The standard InChI is InChI=1S/C13H22N2O/c1-3-13(16,4-2)9-15-10-14-11-7-5-6-8-12(11)15/h10,16H,3-9H2,1-2H3. The largest absolute Gasteiger partial charge is 0.388 e. The molecule has 0 saturated carbocycles. The Kier molecular flexibility index (Phi) is 3.33. The van der Waals surface area contributed by atoms with Gasteiger partial charge in [0.1, 0.15) is 0 Å². The number of rotatable bonds is 4. The third-order valence-electron chi connectivity index (χ3n) is 3.89. The molecule has 0 aliphatic heterocycles. The highest BCUT2D eigenvalue weighted by atomic mass is 16.3. The van der Waals surface area contributed by atoms with E-state index >= 15 is 0 Å². The van der Waals surface area contributed by atoms with Crippen molar-refractivity contribution in [1.29, 1.82) is 0 Å². The summed E-state index contributed by atoms with van der Waals surface area (Å²) in [4.78, 5) is 4.46. The fourth-order valence-corrected chi connectivity index (χ4v) is 2.46. The average molecular weight is 222 g/mol. The van der Waals surface area contributed by atoms with E-state index in [4.69, 9.17) is 0 Å². The molecule has 0 atom stereocenters. The predicted molar refractivity (Wildman–Crippen MR) is 64.4 cm³/mol. The van der Waals surface area contributed by atoms with Crippen molar-refractivity contribution in [3.05, 3.63) is 17.7 Å². The Bertz CT molecular complexity index is 353. The van der Waals surface area contributed by atoms with Crippen LogP contribution < -0.4 is 0 Å². The summed E-state index contributed by atoms with van der Waals surface area (Å²) in [6.07, 6.45) is 8.27. The molecular weight excluding hydrogens is 200 g/mol. The van der Waals surface area contributed by atoms with Crippen molar-refractivity contribution in [2.24, 2.45) is 0 Å². The van der Waals surface area contributed by atoms with E-state index in [1.807, 2.05) is 20.2 Å². The molecule has 2 rings (SSSR count). The minimum Gasteiger partial charge on any atom is -0.388 e. The van der Waals surface area contributed by atoms with Crippen molar-refractivity contribution < 1.29 is 5.11 Å². The molecule has 0 spiro atoms. The number of hydrogen-bond acceptors (Lipinski definition) is 2.